The van der Waals surface area contributed by atoms with E-state index in [1.807, 2.05) is 25.1 Å². The number of nitrogens with one attached hydrogen (secondary N) is 1. The van der Waals surface area contributed by atoms with Gasteiger partial charge in [0, 0.05) is 8.95 Å². The SMILES string of the molecule is CC(Nc1cc(Br)ccc1Br)c1ccc(F)cn1. The topological polar surface area (TPSA) is 24.9 Å². The zero-order valence-electron chi connectivity index (χ0n) is 9.62. The third-order valence-electron chi connectivity index (χ3n) is 2.49. The van der Waals surface area contributed by atoms with Crippen molar-refractivity contribution in [1.29, 1.82) is 0 Å². The van der Waals surface area contributed by atoms with Crippen LogP contribution in [0.3, 0.4) is 0 Å². The normalized spacial score (nSPS) is 12.2. The Kier molecular flexibility index (Phi) is 4.35. The second-order valence-electron chi connectivity index (χ2n) is 3.89. The molecule has 0 bridgehead atoms. The summed E-state index contributed by atoms with van der Waals surface area (Å²) in [6.45, 7) is 1.98. The van der Waals surface area contributed by atoms with Crippen molar-refractivity contribution in [1.82, 2.24) is 4.98 Å². The van der Waals surface area contributed by atoms with Crippen LogP contribution in [0.25, 0.3) is 0 Å². The number of pyridine rings is 1. The van der Waals surface area contributed by atoms with Crippen LogP contribution in [-0.2, 0) is 0 Å². The van der Waals surface area contributed by atoms with Crippen molar-refractivity contribution in [3.8, 4) is 0 Å². The van der Waals surface area contributed by atoms with E-state index in [1.54, 1.807) is 6.07 Å². The molecule has 0 aliphatic heterocycles. The fourth-order valence-electron chi connectivity index (χ4n) is 1.56. The van der Waals surface area contributed by atoms with Crippen molar-refractivity contribution in [2.24, 2.45) is 0 Å². The number of aromatic nitrogens is 1. The number of hydrogen-bond acceptors (Lipinski definition) is 2. The Morgan fingerprint density at radius 1 is 1.22 bits per heavy atom. The minimum atomic E-state index is -0.324. The minimum Gasteiger partial charge on any atom is -0.376 e. The quantitative estimate of drug-likeness (QED) is 0.825. The highest BCUT2D eigenvalue weighted by Gasteiger charge is 2.09. The molecule has 0 saturated heterocycles. The molecular weight excluding hydrogens is 363 g/mol. The first-order chi connectivity index (χ1) is 8.56. The van der Waals surface area contributed by atoms with Crippen molar-refractivity contribution in [2.75, 3.05) is 5.32 Å². The third kappa shape index (κ3) is 3.29. The molecular formula is C13H11Br2FN2. The van der Waals surface area contributed by atoms with Gasteiger partial charge in [0.2, 0.25) is 0 Å². The summed E-state index contributed by atoms with van der Waals surface area (Å²) in [7, 11) is 0. The molecule has 0 aliphatic rings. The van der Waals surface area contributed by atoms with Gasteiger partial charge >= 0.3 is 0 Å². The number of rotatable bonds is 3. The van der Waals surface area contributed by atoms with E-state index in [9.17, 15) is 4.39 Å². The van der Waals surface area contributed by atoms with Crippen LogP contribution in [0.5, 0.6) is 0 Å². The molecule has 0 aliphatic carbocycles. The van der Waals surface area contributed by atoms with Crippen molar-refractivity contribution < 1.29 is 4.39 Å². The smallest absolute Gasteiger partial charge is 0.141 e. The predicted molar refractivity (Wildman–Crippen MR) is 78.1 cm³/mol. The molecule has 2 nitrogen and oxygen atoms in total. The van der Waals surface area contributed by atoms with Gasteiger partial charge in [0.25, 0.3) is 0 Å². The summed E-state index contributed by atoms with van der Waals surface area (Å²) in [6, 6.07) is 8.98. The molecule has 1 aromatic carbocycles. The van der Waals surface area contributed by atoms with Gasteiger partial charge in [-0.05, 0) is 53.2 Å². The molecule has 0 saturated carbocycles. The van der Waals surface area contributed by atoms with E-state index in [0.29, 0.717) is 0 Å². The van der Waals surface area contributed by atoms with Crippen LogP contribution in [0.2, 0.25) is 0 Å². The van der Waals surface area contributed by atoms with Gasteiger partial charge < -0.3 is 5.32 Å². The molecule has 1 aromatic heterocycles. The van der Waals surface area contributed by atoms with Crippen LogP contribution in [0, 0.1) is 5.82 Å². The maximum atomic E-state index is 12.8. The molecule has 2 aromatic rings. The summed E-state index contributed by atoms with van der Waals surface area (Å²) in [5.41, 5.74) is 1.76. The highest BCUT2D eigenvalue weighted by Crippen LogP contribution is 2.29. The van der Waals surface area contributed by atoms with Gasteiger partial charge in [-0.2, -0.15) is 0 Å². The fourth-order valence-corrected chi connectivity index (χ4v) is 2.28. The summed E-state index contributed by atoms with van der Waals surface area (Å²) in [4.78, 5) is 4.06. The van der Waals surface area contributed by atoms with Crippen molar-refractivity contribution in [3.05, 3.63) is 57.0 Å². The van der Waals surface area contributed by atoms with Gasteiger partial charge in [-0.3, -0.25) is 4.98 Å². The highest BCUT2D eigenvalue weighted by molar-refractivity contribution is 9.11. The van der Waals surface area contributed by atoms with Gasteiger partial charge in [-0.15, -0.1) is 0 Å². The van der Waals surface area contributed by atoms with Gasteiger partial charge in [0.05, 0.1) is 23.6 Å². The van der Waals surface area contributed by atoms with Crippen molar-refractivity contribution in [3.63, 3.8) is 0 Å². The Bertz CT molecular complexity index is 543. The maximum absolute atomic E-state index is 12.8. The van der Waals surface area contributed by atoms with Crippen LogP contribution >= 0.6 is 31.9 Å². The summed E-state index contributed by atoms with van der Waals surface area (Å²) in [5, 5.41) is 3.32. The van der Waals surface area contributed by atoms with Crippen LogP contribution in [0.15, 0.2) is 45.5 Å². The standard InChI is InChI=1S/C13H11Br2FN2/c1-8(12-5-3-10(16)7-17-12)18-13-6-9(14)2-4-11(13)15/h2-8,18H,1H3. The van der Waals surface area contributed by atoms with E-state index < -0.39 is 0 Å². The average molecular weight is 374 g/mol. The van der Waals surface area contributed by atoms with E-state index in [-0.39, 0.29) is 11.9 Å². The second-order valence-corrected chi connectivity index (χ2v) is 5.66. The Hall–Kier alpha value is -0.940. The molecule has 94 valence electrons. The summed E-state index contributed by atoms with van der Waals surface area (Å²) in [6.07, 6.45) is 1.23. The molecule has 1 unspecified atom stereocenters. The molecule has 0 radical (unpaired) electrons. The van der Waals surface area contributed by atoms with E-state index in [4.69, 9.17) is 0 Å². The third-order valence-corrected chi connectivity index (χ3v) is 3.68. The lowest BCUT2D eigenvalue weighted by Gasteiger charge is -2.16. The molecule has 1 heterocycles. The monoisotopic (exact) mass is 372 g/mol. The Morgan fingerprint density at radius 3 is 2.67 bits per heavy atom. The summed E-state index contributed by atoms with van der Waals surface area (Å²) >= 11 is 6.91. The number of benzene rings is 1. The molecule has 5 heteroatoms. The number of hydrogen-bond donors (Lipinski definition) is 1. The van der Waals surface area contributed by atoms with Crippen LogP contribution in [0.1, 0.15) is 18.7 Å². The molecule has 0 fully saturated rings. The Labute approximate surface area is 122 Å². The molecule has 18 heavy (non-hydrogen) atoms. The largest absolute Gasteiger partial charge is 0.376 e. The predicted octanol–water partition coefficient (Wildman–Crippen LogP) is 4.92. The first-order valence-electron chi connectivity index (χ1n) is 5.39. The minimum absolute atomic E-state index is 0.00352. The van der Waals surface area contributed by atoms with E-state index >= 15 is 0 Å². The van der Waals surface area contributed by atoms with E-state index in [0.717, 1.165) is 20.3 Å². The van der Waals surface area contributed by atoms with E-state index in [1.165, 1.54) is 12.3 Å². The summed E-state index contributed by atoms with van der Waals surface area (Å²) < 4.78 is 14.8. The van der Waals surface area contributed by atoms with Gasteiger partial charge in [0.1, 0.15) is 5.82 Å². The van der Waals surface area contributed by atoms with Crippen molar-refractivity contribution in [2.45, 2.75) is 13.0 Å². The number of halogens is 3. The van der Waals surface area contributed by atoms with Gasteiger partial charge in [0.15, 0.2) is 0 Å². The zero-order valence-corrected chi connectivity index (χ0v) is 12.8. The number of anilines is 1. The fraction of sp³-hybridized carbons (Fsp3) is 0.154. The van der Waals surface area contributed by atoms with Gasteiger partial charge in [-0.25, -0.2) is 4.39 Å². The van der Waals surface area contributed by atoms with Crippen molar-refractivity contribution >= 4 is 37.5 Å². The average Bonchev–Trinajstić information content (AvgIpc) is 2.34. The first kappa shape index (κ1) is 13.5. The molecule has 1 N–H and O–H groups in total. The molecule has 1 atom stereocenters. The lowest BCUT2D eigenvalue weighted by Crippen LogP contribution is -2.08. The van der Waals surface area contributed by atoms with Crippen LogP contribution in [-0.4, -0.2) is 4.98 Å². The Morgan fingerprint density at radius 2 is 2.00 bits per heavy atom. The first-order valence-corrected chi connectivity index (χ1v) is 6.98. The van der Waals surface area contributed by atoms with Crippen LogP contribution in [0.4, 0.5) is 10.1 Å². The second kappa shape index (κ2) is 5.80. The maximum Gasteiger partial charge on any atom is 0.141 e. The summed E-state index contributed by atoms with van der Waals surface area (Å²) in [5.74, 6) is -0.324. The number of nitrogens with zero attached hydrogens (tertiary/aromatic N) is 1. The van der Waals surface area contributed by atoms with Crippen LogP contribution < -0.4 is 5.32 Å². The van der Waals surface area contributed by atoms with E-state index in [2.05, 4.69) is 42.2 Å². The lowest BCUT2D eigenvalue weighted by molar-refractivity contribution is 0.617. The molecule has 2 rings (SSSR count). The lowest BCUT2D eigenvalue weighted by atomic mass is 10.2. The molecule has 0 amide bonds. The van der Waals surface area contributed by atoms with Gasteiger partial charge in [-0.1, -0.05) is 15.9 Å². The molecule has 0 spiro atoms. The highest BCUT2D eigenvalue weighted by atomic mass is 79.9. The Balaban J connectivity index is 2.18. The zero-order chi connectivity index (χ0) is 13.1.